The summed E-state index contributed by atoms with van der Waals surface area (Å²) in [7, 11) is 3.80. The molecule has 0 aliphatic carbocycles. The number of pyridine rings is 1. The number of fused-ring (bicyclic) bond motifs is 3. The van der Waals surface area contributed by atoms with Crippen LogP contribution in [-0.4, -0.2) is 76.4 Å². The van der Waals surface area contributed by atoms with E-state index in [9.17, 15) is 10.1 Å². The monoisotopic (exact) mass is 607 g/mol. The van der Waals surface area contributed by atoms with Crippen LogP contribution in [0.1, 0.15) is 18.1 Å². The molecule has 0 radical (unpaired) electrons. The standard InChI is InChI=1S/C30H29N7O.C4H6O2.H2O/c1-35-14-16-36(17-15-35)23-10-13-27-25(18-23)28(32-20-21-6-4-3-5-7-21)26(19-31)30-33-29(34-37(27)30)22-8-11-24(38-2)12-9-22;1-2-3-4(5)6;/h3-13,18,32H,14-17,20H2,1-2H3;2-3H,1H3,(H,5,6);1H2/b;3-2+;. The molecular weight excluding hydrogens is 570 g/mol. The van der Waals surface area contributed by atoms with E-state index in [0.717, 1.165) is 71.4 Å². The molecule has 6 rings (SSSR count). The number of allylic oxidation sites excluding steroid dienone is 1. The van der Waals surface area contributed by atoms with Crippen LogP contribution >= 0.6 is 0 Å². The molecule has 0 unspecified atom stereocenters. The van der Waals surface area contributed by atoms with Crippen LogP contribution in [0.2, 0.25) is 0 Å². The van der Waals surface area contributed by atoms with Crippen molar-refractivity contribution >= 4 is 33.9 Å². The summed E-state index contributed by atoms with van der Waals surface area (Å²) in [4.78, 5) is 19.1. The number of hydrogen-bond donors (Lipinski definition) is 2. The van der Waals surface area contributed by atoms with E-state index in [4.69, 9.17) is 19.9 Å². The van der Waals surface area contributed by atoms with Gasteiger partial charge in [0.15, 0.2) is 11.5 Å². The van der Waals surface area contributed by atoms with Crippen LogP contribution in [0.15, 0.2) is 84.9 Å². The number of nitrogens with zero attached hydrogens (tertiary/aromatic N) is 6. The topological polar surface area (TPSA) is 151 Å². The van der Waals surface area contributed by atoms with Crippen molar-refractivity contribution in [3.63, 3.8) is 0 Å². The molecule has 3 heterocycles. The summed E-state index contributed by atoms with van der Waals surface area (Å²) in [5.41, 5.74) is 5.85. The number of carboxylic acid groups (broad SMARTS) is 1. The minimum Gasteiger partial charge on any atom is -0.497 e. The van der Waals surface area contributed by atoms with E-state index in [-0.39, 0.29) is 5.48 Å². The molecule has 0 atom stereocenters. The molecule has 1 fully saturated rings. The molecule has 0 spiro atoms. The molecule has 0 saturated carbocycles. The molecule has 1 saturated heterocycles. The maximum absolute atomic E-state index is 10.4. The number of hydrogen-bond acceptors (Lipinski definition) is 8. The summed E-state index contributed by atoms with van der Waals surface area (Å²) < 4.78 is 7.10. The van der Waals surface area contributed by atoms with Gasteiger partial charge in [0.25, 0.3) is 0 Å². The summed E-state index contributed by atoms with van der Waals surface area (Å²) in [5, 5.41) is 27.6. The van der Waals surface area contributed by atoms with Crippen LogP contribution in [-0.2, 0) is 11.3 Å². The van der Waals surface area contributed by atoms with Crippen molar-refractivity contribution in [2.24, 2.45) is 0 Å². The smallest absolute Gasteiger partial charge is 0.327 e. The minimum absolute atomic E-state index is 0. The number of likely N-dealkylation sites (N-methyl/N-ethyl adjacent to an activating group) is 1. The first kappa shape index (κ1) is 32.5. The molecule has 5 aromatic rings. The minimum atomic E-state index is -0.891. The third-order valence-electron chi connectivity index (χ3n) is 7.51. The highest BCUT2D eigenvalue weighted by Crippen LogP contribution is 2.35. The molecule has 4 N–H and O–H groups in total. The lowest BCUT2D eigenvalue weighted by atomic mass is 10.1. The Labute approximate surface area is 261 Å². The van der Waals surface area contributed by atoms with Gasteiger partial charge in [-0.3, -0.25) is 0 Å². The van der Waals surface area contributed by atoms with Gasteiger partial charge in [-0.1, -0.05) is 36.4 Å². The number of carbonyl (C=O) groups is 1. The third-order valence-corrected chi connectivity index (χ3v) is 7.51. The van der Waals surface area contributed by atoms with E-state index in [0.29, 0.717) is 23.6 Å². The Balaban J connectivity index is 0.000000602. The first-order valence-electron chi connectivity index (χ1n) is 14.4. The van der Waals surface area contributed by atoms with Crippen molar-refractivity contribution in [3.05, 3.63) is 96.1 Å². The Morgan fingerprint density at radius 2 is 1.78 bits per heavy atom. The fourth-order valence-corrected chi connectivity index (χ4v) is 5.14. The molecule has 232 valence electrons. The van der Waals surface area contributed by atoms with Crippen molar-refractivity contribution < 1.29 is 20.1 Å². The van der Waals surface area contributed by atoms with Crippen molar-refractivity contribution in [3.8, 4) is 23.2 Å². The van der Waals surface area contributed by atoms with Gasteiger partial charge in [-0.25, -0.2) is 14.3 Å². The number of nitriles is 1. The molecule has 2 aromatic heterocycles. The van der Waals surface area contributed by atoms with Crippen molar-refractivity contribution in [1.29, 1.82) is 5.26 Å². The lowest BCUT2D eigenvalue weighted by molar-refractivity contribution is -0.131. The predicted octanol–water partition coefficient (Wildman–Crippen LogP) is 4.62. The zero-order chi connectivity index (χ0) is 31.1. The number of ether oxygens (including phenoxy) is 1. The Kier molecular flexibility index (Phi) is 10.7. The van der Waals surface area contributed by atoms with Gasteiger partial charge in [0, 0.05) is 55.4 Å². The molecule has 0 bridgehead atoms. The molecular formula is C34H37N7O4. The van der Waals surface area contributed by atoms with Gasteiger partial charge in [-0.15, -0.1) is 5.10 Å². The summed E-state index contributed by atoms with van der Waals surface area (Å²) >= 11 is 0. The van der Waals surface area contributed by atoms with E-state index in [2.05, 4.69) is 58.6 Å². The molecule has 11 heteroatoms. The molecule has 1 aliphatic rings. The second-order valence-corrected chi connectivity index (χ2v) is 10.4. The third kappa shape index (κ3) is 7.38. The number of benzene rings is 3. The largest absolute Gasteiger partial charge is 0.497 e. The normalized spacial score (nSPS) is 13.2. The maximum Gasteiger partial charge on any atom is 0.327 e. The summed E-state index contributed by atoms with van der Waals surface area (Å²) in [6, 6.07) is 26.7. The highest BCUT2D eigenvalue weighted by molar-refractivity contribution is 6.00. The van der Waals surface area contributed by atoms with Gasteiger partial charge in [0.05, 0.1) is 18.3 Å². The molecule has 11 nitrogen and oxygen atoms in total. The van der Waals surface area contributed by atoms with Gasteiger partial charge in [0.2, 0.25) is 0 Å². The van der Waals surface area contributed by atoms with Gasteiger partial charge in [-0.05, 0) is 62.0 Å². The maximum atomic E-state index is 10.4. The van der Waals surface area contributed by atoms with Crippen LogP contribution in [0.5, 0.6) is 5.75 Å². The number of aliphatic carboxylic acids is 1. The number of aromatic nitrogens is 3. The van der Waals surface area contributed by atoms with E-state index >= 15 is 0 Å². The fourth-order valence-electron chi connectivity index (χ4n) is 5.14. The fraction of sp³-hybridized carbons (Fsp3) is 0.235. The second kappa shape index (κ2) is 14.8. The Morgan fingerprint density at radius 3 is 2.38 bits per heavy atom. The Hall–Kier alpha value is -5.44. The highest BCUT2D eigenvalue weighted by atomic mass is 16.5. The van der Waals surface area contributed by atoms with E-state index in [1.807, 2.05) is 42.5 Å². The number of anilines is 2. The van der Waals surface area contributed by atoms with Gasteiger partial charge >= 0.3 is 5.97 Å². The highest BCUT2D eigenvalue weighted by Gasteiger charge is 2.21. The Morgan fingerprint density at radius 1 is 1.07 bits per heavy atom. The molecule has 45 heavy (non-hydrogen) atoms. The van der Waals surface area contributed by atoms with E-state index in [1.54, 1.807) is 18.5 Å². The first-order chi connectivity index (χ1) is 21.4. The zero-order valence-electron chi connectivity index (χ0n) is 25.6. The summed E-state index contributed by atoms with van der Waals surface area (Å²) in [5.74, 6) is 0.441. The average Bonchev–Trinajstić information content (AvgIpc) is 3.50. The Bertz CT molecular complexity index is 1820. The van der Waals surface area contributed by atoms with Gasteiger partial charge in [0.1, 0.15) is 17.4 Å². The average molecular weight is 608 g/mol. The van der Waals surface area contributed by atoms with Crippen LogP contribution in [0.25, 0.3) is 27.9 Å². The van der Waals surface area contributed by atoms with Gasteiger partial charge < -0.3 is 30.4 Å². The SMILES string of the molecule is C/C=C/C(=O)O.COc1ccc(-c2nc3c(C#N)c(NCc4ccccc4)c4cc(N5CCN(C)CC5)ccc4n3n2)cc1.O. The number of carboxylic acids is 1. The predicted molar refractivity (Wildman–Crippen MR) is 177 cm³/mol. The summed E-state index contributed by atoms with van der Waals surface area (Å²) in [6.45, 7) is 6.23. The van der Waals surface area contributed by atoms with Crippen LogP contribution in [0.3, 0.4) is 0 Å². The first-order valence-corrected chi connectivity index (χ1v) is 14.4. The summed E-state index contributed by atoms with van der Waals surface area (Å²) in [6.07, 6.45) is 2.56. The van der Waals surface area contributed by atoms with Crippen molar-refractivity contribution in [1.82, 2.24) is 19.5 Å². The number of rotatable bonds is 7. The van der Waals surface area contributed by atoms with E-state index in [1.165, 1.54) is 6.08 Å². The van der Waals surface area contributed by atoms with E-state index < -0.39 is 5.97 Å². The molecule has 1 aliphatic heterocycles. The van der Waals surface area contributed by atoms with Crippen molar-refractivity contribution in [2.75, 3.05) is 50.6 Å². The van der Waals surface area contributed by atoms with Crippen LogP contribution in [0, 0.1) is 11.3 Å². The second-order valence-electron chi connectivity index (χ2n) is 10.4. The number of piperazine rings is 1. The van der Waals surface area contributed by atoms with Gasteiger partial charge in [-0.2, -0.15) is 5.26 Å². The number of nitrogens with one attached hydrogen (secondary N) is 1. The zero-order valence-corrected chi connectivity index (χ0v) is 25.6. The van der Waals surface area contributed by atoms with Crippen LogP contribution in [0.4, 0.5) is 11.4 Å². The van der Waals surface area contributed by atoms with Crippen LogP contribution < -0.4 is 15.0 Å². The molecule has 3 aromatic carbocycles. The quantitative estimate of drug-likeness (QED) is 0.253. The molecule has 0 amide bonds. The van der Waals surface area contributed by atoms with Crippen molar-refractivity contribution in [2.45, 2.75) is 13.5 Å². The lowest BCUT2D eigenvalue weighted by Crippen LogP contribution is -2.44. The number of methoxy groups -OCH3 is 1. The lowest BCUT2D eigenvalue weighted by Gasteiger charge is -2.34.